The minimum Gasteiger partial charge on any atom is -0.347 e. The molecule has 0 aliphatic carbocycles. The van der Waals surface area contributed by atoms with E-state index in [1.54, 1.807) is 0 Å². The molecule has 1 aromatic heterocycles. The van der Waals surface area contributed by atoms with Crippen molar-refractivity contribution in [2.24, 2.45) is 7.05 Å². The number of fused-ring (bicyclic) bond motifs is 1. The average molecular weight is 187 g/mol. The van der Waals surface area contributed by atoms with Gasteiger partial charge in [0.2, 0.25) is 0 Å². The van der Waals surface area contributed by atoms with Crippen LogP contribution in [-0.2, 0) is 18.3 Å². The molecule has 0 amide bonds. The Kier molecular flexibility index (Phi) is 2.12. The Bertz CT molecular complexity index is 482. The molecule has 0 aliphatic heterocycles. The van der Waals surface area contributed by atoms with Crippen LogP contribution < -0.4 is 0 Å². The lowest BCUT2D eigenvalue weighted by Crippen LogP contribution is -1.96. The van der Waals surface area contributed by atoms with Gasteiger partial charge in [-0.3, -0.25) is 0 Å². The molecule has 0 saturated heterocycles. The molecule has 1 heterocycles. The summed E-state index contributed by atoms with van der Waals surface area (Å²) in [6, 6.07) is 8.31. The fourth-order valence-electron chi connectivity index (χ4n) is 1.84. The zero-order chi connectivity index (χ0) is 10.1. The van der Waals surface area contributed by atoms with E-state index < -0.39 is 0 Å². The van der Waals surface area contributed by atoms with Crippen LogP contribution in [0.4, 0.5) is 0 Å². The highest BCUT2D eigenvalue weighted by atomic mass is 16.1. The van der Waals surface area contributed by atoms with E-state index in [1.165, 1.54) is 16.5 Å². The summed E-state index contributed by atoms with van der Waals surface area (Å²) in [5.74, 6) is 0. The first-order valence-electron chi connectivity index (χ1n) is 4.71. The van der Waals surface area contributed by atoms with E-state index in [2.05, 4.69) is 29.7 Å². The number of benzene rings is 1. The van der Waals surface area contributed by atoms with Gasteiger partial charge in [-0.2, -0.15) is 0 Å². The van der Waals surface area contributed by atoms with Gasteiger partial charge < -0.3 is 9.36 Å². The monoisotopic (exact) mass is 187 g/mol. The second kappa shape index (κ2) is 3.29. The molecule has 0 bridgehead atoms. The van der Waals surface area contributed by atoms with E-state index in [9.17, 15) is 4.79 Å². The maximum Gasteiger partial charge on any atom is 0.125 e. The van der Waals surface area contributed by atoms with Crippen molar-refractivity contribution in [3.8, 4) is 0 Å². The lowest BCUT2D eigenvalue weighted by Gasteiger charge is -2.00. The fourth-order valence-corrected chi connectivity index (χ4v) is 1.84. The van der Waals surface area contributed by atoms with Crippen LogP contribution in [-0.4, -0.2) is 10.9 Å². The quantitative estimate of drug-likeness (QED) is 0.661. The van der Waals surface area contributed by atoms with Crippen molar-refractivity contribution in [3.63, 3.8) is 0 Å². The number of nitrogens with zero attached hydrogens (tertiary/aromatic N) is 1. The van der Waals surface area contributed by atoms with Gasteiger partial charge in [0, 0.05) is 30.1 Å². The smallest absolute Gasteiger partial charge is 0.125 e. The zero-order valence-corrected chi connectivity index (χ0v) is 8.45. The Morgan fingerprint density at radius 2 is 2.21 bits per heavy atom. The third-order valence-electron chi connectivity index (χ3n) is 2.70. The highest BCUT2D eigenvalue weighted by Gasteiger charge is 2.05. The van der Waals surface area contributed by atoms with E-state index in [1.807, 2.05) is 13.1 Å². The predicted octanol–water partition coefficient (Wildman–Crippen LogP) is 2.23. The summed E-state index contributed by atoms with van der Waals surface area (Å²) in [5, 5.41) is 1.24. The molecule has 0 fully saturated rings. The van der Waals surface area contributed by atoms with Crippen molar-refractivity contribution < 1.29 is 4.79 Å². The minimum atomic E-state index is 0.491. The number of aromatic nitrogens is 1. The van der Waals surface area contributed by atoms with E-state index in [0.29, 0.717) is 6.42 Å². The molecule has 0 unspecified atom stereocenters. The first-order chi connectivity index (χ1) is 6.74. The van der Waals surface area contributed by atoms with E-state index in [-0.39, 0.29) is 0 Å². The van der Waals surface area contributed by atoms with Crippen molar-refractivity contribution in [1.82, 2.24) is 4.57 Å². The van der Waals surface area contributed by atoms with Gasteiger partial charge in [0.1, 0.15) is 6.29 Å². The summed E-state index contributed by atoms with van der Waals surface area (Å²) < 4.78 is 2.08. The summed E-state index contributed by atoms with van der Waals surface area (Å²) in [6.45, 7) is 2.09. The van der Waals surface area contributed by atoms with Crippen LogP contribution in [0.3, 0.4) is 0 Å². The largest absolute Gasteiger partial charge is 0.347 e. The standard InChI is InChI=1S/C12H13NO/c1-9-4-3-5-12-11(9)8-10(6-7-14)13(12)2/h3-5,7-8H,6H2,1-2H3. The zero-order valence-electron chi connectivity index (χ0n) is 8.45. The third-order valence-corrected chi connectivity index (χ3v) is 2.70. The molecule has 0 atom stereocenters. The average Bonchev–Trinajstić information content (AvgIpc) is 2.48. The molecular formula is C12H13NO. The van der Waals surface area contributed by atoms with Crippen LogP contribution in [0.2, 0.25) is 0 Å². The first kappa shape index (κ1) is 9.00. The van der Waals surface area contributed by atoms with Crippen molar-refractivity contribution >= 4 is 17.2 Å². The van der Waals surface area contributed by atoms with Gasteiger partial charge in [-0.25, -0.2) is 0 Å². The highest BCUT2D eigenvalue weighted by molar-refractivity contribution is 5.85. The molecule has 2 aromatic rings. The lowest BCUT2D eigenvalue weighted by molar-refractivity contribution is -0.107. The van der Waals surface area contributed by atoms with Gasteiger partial charge >= 0.3 is 0 Å². The Labute approximate surface area is 83.2 Å². The summed E-state index contributed by atoms with van der Waals surface area (Å²) in [4.78, 5) is 10.5. The van der Waals surface area contributed by atoms with E-state index in [0.717, 1.165) is 12.0 Å². The minimum absolute atomic E-state index is 0.491. The highest BCUT2D eigenvalue weighted by Crippen LogP contribution is 2.21. The van der Waals surface area contributed by atoms with Crippen LogP contribution in [0.5, 0.6) is 0 Å². The molecule has 2 rings (SSSR count). The maximum atomic E-state index is 10.5. The number of hydrogen-bond donors (Lipinski definition) is 0. The van der Waals surface area contributed by atoms with Gasteiger partial charge in [-0.15, -0.1) is 0 Å². The molecule has 72 valence electrons. The van der Waals surface area contributed by atoms with Gasteiger partial charge in [0.25, 0.3) is 0 Å². The van der Waals surface area contributed by atoms with Crippen LogP contribution in [0, 0.1) is 6.92 Å². The maximum absolute atomic E-state index is 10.5. The Morgan fingerprint density at radius 3 is 2.86 bits per heavy atom. The fraction of sp³-hybridized carbons (Fsp3) is 0.250. The topological polar surface area (TPSA) is 22.0 Å². The van der Waals surface area contributed by atoms with Crippen LogP contribution in [0.15, 0.2) is 24.3 Å². The van der Waals surface area contributed by atoms with E-state index >= 15 is 0 Å². The van der Waals surface area contributed by atoms with E-state index in [4.69, 9.17) is 0 Å². The second-order valence-corrected chi connectivity index (χ2v) is 3.57. The molecule has 0 spiro atoms. The molecule has 2 nitrogen and oxygen atoms in total. The first-order valence-corrected chi connectivity index (χ1v) is 4.71. The summed E-state index contributed by atoms with van der Waals surface area (Å²) >= 11 is 0. The summed E-state index contributed by atoms with van der Waals surface area (Å²) in [6.07, 6.45) is 1.44. The number of carbonyl (C=O) groups excluding carboxylic acids is 1. The molecule has 14 heavy (non-hydrogen) atoms. The van der Waals surface area contributed by atoms with Crippen molar-refractivity contribution in [2.45, 2.75) is 13.3 Å². The molecule has 0 aliphatic rings. The van der Waals surface area contributed by atoms with Crippen LogP contribution >= 0.6 is 0 Å². The predicted molar refractivity (Wildman–Crippen MR) is 57.4 cm³/mol. The van der Waals surface area contributed by atoms with Gasteiger partial charge in [-0.05, 0) is 24.6 Å². The van der Waals surface area contributed by atoms with Crippen molar-refractivity contribution in [2.75, 3.05) is 0 Å². The summed E-state index contributed by atoms with van der Waals surface area (Å²) in [5.41, 5.74) is 3.53. The van der Waals surface area contributed by atoms with Gasteiger partial charge in [0.05, 0.1) is 0 Å². The van der Waals surface area contributed by atoms with Crippen LogP contribution in [0.1, 0.15) is 11.3 Å². The molecule has 2 heteroatoms. The Hall–Kier alpha value is -1.57. The van der Waals surface area contributed by atoms with Crippen LogP contribution in [0.25, 0.3) is 10.9 Å². The number of hydrogen-bond acceptors (Lipinski definition) is 1. The van der Waals surface area contributed by atoms with Gasteiger partial charge in [0.15, 0.2) is 0 Å². The second-order valence-electron chi connectivity index (χ2n) is 3.57. The number of carbonyl (C=O) groups is 1. The number of rotatable bonds is 2. The SMILES string of the molecule is Cc1cccc2c1cc(CC=O)n2C. The molecule has 0 saturated carbocycles. The normalized spacial score (nSPS) is 10.7. The molecule has 1 aromatic carbocycles. The lowest BCUT2D eigenvalue weighted by atomic mass is 10.1. The van der Waals surface area contributed by atoms with Crippen molar-refractivity contribution in [3.05, 3.63) is 35.5 Å². The summed E-state index contributed by atoms with van der Waals surface area (Å²) in [7, 11) is 2.00. The number of aryl methyl sites for hydroxylation is 2. The Balaban J connectivity index is 2.72. The van der Waals surface area contributed by atoms with Gasteiger partial charge in [-0.1, -0.05) is 12.1 Å². The Morgan fingerprint density at radius 1 is 1.43 bits per heavy atom. The van der Waals surface area contributed by atoms with Crippen molar-refractivity contribution in [1.29, 1.82) is 0 Å². The molecule has 0 radical (unpaired) electrons. The molecular weight excluding hydrogens is 174 g/mol. The third kappa shape index (κ3) is 1.23. The number of aldehydes is 1. The molecule has 0 N–H and O–H groups in total.